The molecule has 1 aromatic heterocycles. The second-order valence-electron chi connectivity index (χ2n) is 11.5. The molecule has 230 valence electrons. The molecular formula is C38H33ClN4O2S. The number of halogens is 1. The minimum atomic E-state index is -0.201. The van der Waals surface area contributed by atoms with E-state index in [0.717, 1.165) is 71.3 Å². The number of benzene rings is 4. The normalized spacial score (nSPS) is 16.2. The van der Waals surface area contributed by atoms with Crippen LogP contribution >= 0.6 is 23.4 Å². The summed E-state index contributed by atoms with van der Waals surface area (Å²) in [5.74, 6) is 1.18. The lowest BCUT2D eigenvalue weighted by molar-refractivity contribution is -0.113. The average Bonchev–Trinajstić information content (AvgIpc) is 3.69. The Hall–Kier alpha value is -4.59. The van der Waals surface area contributed by atoms with Crippen molar-refractivity contribution in [2.75, 3.05) is 13.1 Å². The molecule has 3 heterocycles. The molecule has 0 spiro atoms. The fourth-order valence-electron chi connectivity index (χ4n) is 5.87. The number of thioether (sulfide) groups is 1. The number of amidine groups is 1. The monoisotopic (exact) mass is 644 g/mol. The zero-order valence-corrected chi connectivity index (χ0v) is 26.8. The number of para-hydroxylation sites is 1. The van der Waals surface area contributed by atoms with Crippen LogP contribution in [0.15, 0.2) is 125 Å². The van der Waals surface area contributed by atoms with Gasteiger partial charge in [-0.2, -0.15) is 10.1 Å². The molecule has 1 fully saturated rings. The number of rotatable bonds is 8. The van der Waals surface area contributed by atoms with Crippen LogP contribution in [0.1, 0.15) is 29.5 Å². The van der Waals surface area contributed by atoms with Crippen molar-refractivity contribution in [3.63, 3.8) is 0 Å². The van der Waals surface area contributed by atoms with E-state index in [1.54, 1.807) is 0 Å². The fourth-order valence-corrected chi connectivity index (χ4v) is 7.01. The van der Waals surface area contributed by atoms with Crippen LogP contribution in [0.4, 0.5) is 0 Å². The van der Waals surface area contributed by atoms with Gasteiger partial charge < -0.3 is 9.64 Å². The minimum Gasteiger partial charge on any atom is -0.489 e. The van der Waals surface area contributed by atoms with E-state index in [1.165, 1.54) is 17.3 Å². The molecule has 7 rings (SSSR count). The Morgan fingerprint density at radius 2 is 1.57 bits per heavy atom. The maximum atomic E-state index is 13.2. The molecule has 0 saturated carbocycles. The Morgan fingerprint density at radius 1 is 0.870 bits per heavy atom. The predicted molar refractivity (Wildman–Crippen MR) is 187 cm³/mol. The molecule has 2 aliphatic heterocycles. The molecule has 0 atom stereocenters. The number of piperidine rings is 1. The van der Waals surface area contributed by atoms with Crippen molar-refractivity contribution in [3.8, 4) is 22.7 Å². The maximum Gasteiger partial charge on any atom is 0.286 e. The molecule has 8 heteroatoms. The van der Waals surface area contributed by atoms with Gasteiger partial charge in [0.2, 0.25) is 0 Å². The fraction of sp³-hybridized carbons (Fsp3) is 0.184. The summed E-state index contributed by atoms with van der Waals surface area (Å²) < 4.78 is 7.86. The van der Waals surface area contributed by atoms with Gasteiger partial charge >= 0.3 is 0 Å². The van der Waals surface area contributed by atoms with E-state index in [-0.39, 0.29) is 5.91 Å². The van der Waals surface area contributed by atoms with Crippen LogP contribution in [-0.2, 0) is 17.8 Å². The summed E-state index contributed by atoms with van der Waals surface area (Å²) in [5.41, 5.74) is 5.80. The standard InChI is InChI=1S/C38H33ClN4O2S/c39-34-14-8-7-11-30(34)26-45-33-17-15-29(16-18-33)36-31(25-43(41-36)32-12-5-2-6-13-32)24-35-37(44)40-38(46-35)42-21-19-28(20-22-42)23-27-9-3-1-4-10-27/h1-18,24-25,28H,19-23,26H2. The highest BCUT2D eigenvalue weighted by Gasteiger charge is 2.29. The molecule has 0 bridgehead atoms. The van der Waals surface area contributed by atoms with Crippen LogP contribution in [-0.4, -0.2) is 38.8 Å². The van der Waals surface area contributed by atoms with Gasteiger partial charge in [-0.1, -0.05) is 78.3 Å². The van der Waals surface area contributed by atoms with Gasteiger partial charge in [-0.05, 0) is 91.0 Å². The number of hydrogen-bond donors (Lipinski definition) is 0. The summed E-state index contributed by atoms with van der Waals surface area (Å²) in [7, 11) is 0. The molecule has 0 aliphatic carbocycles. The number of amides is 1. The third-order valence-electron chi connectivity index (χ3n) is 8.39. The Labute approximate surface area is 278 Å². The first-order chi connectivity index (χ1) is 22.6. The van der Waals surface area contributed by atoms with Crippen molar-refractivity contribution in [2.45, 2.75) is 25.9 Å². The van der Waals surface area contributed by atoms with Gasteiger partial charge in [0.05, 0.1) is 16.3 Å². The summed E-state index contributed by atoms with van der Waals surface area (Å²) >= 11 is 7.76. The van der Waals surface area contributed by atoms with Crippen molar-refractivity contribution in [1.82, 2.24) is 14.7 Å². The van der Waals surface area contributed by atoms with Crippen molar-refractivity contribution < 1.29 is 9.53 Å². The summed E-state index contributed by atoms with van der Waals surface area (Å²) in [5, 5.41) is 6.43. The Bertz CT molecular complexity index is 1880. The third kappa shape index (κ3) is 6.96. The van der Waals surface area contributed by atoms with Crippen LogP contribution < -0.4 is 4.74 Å². The van der Waals surface area contributed by atoms with Gasteiger partial charge in [0.25, 0.3) is 5.91 Å². The van der Waals surface area contributed by atoms with E-state index in [0.29, 0.717) is 22.5 Å². The first kappa shape index (κ1) is 30.1. The summed E-state index contributed by atoms with van der Waals surface area (Å²) in [4.78, 5) is 20.5. The van der Waals surface area contributed by atoms with Crippen LogP contribution in [0.2, 0.25) is 5.02 Å². The van der Waals surface area contributed by atoms with Gasteiger partial charge in [0.1, 0.15) is 12.4 Å². The highest BCUT2D eigenvalue weighted by molar-refractivity contribution is 8.18. The van der Waals surface area contributed by atoms with Gasteiger partial charge in [0.15, 0.2) is 5.17 Å². The molecular weight excluding hydrogens is 612 g/mol. The molecule has 0 radical (unpaired) electrons. The predicted octanol–water partition coefficient (Wildman–Crippen LogP) is 8.70. The number of aliphatic imine (C=N–C) groups is 1. The van der Waals surface area contributed by atoms with Gasteiger partial charge in [-0.3, -0.25) is 4.79 Å². The minimum absolute atomic E-state index is 0.201. The average molecular weight is 645 g/mol. The van der Waals surface area contributed by atoms with Gasteiger partial charge in [-0.25, -0.2) is 4.68 Å². The zero-order valence-electron chi connectivity index (χ0n) is 25.3. The van der Waals surface area contributed by atoms with Crippen molar-refractivity contribution in [1.29, 1.82) is 0 Å². The lowest BCUT2D eigenvalue weighted by Crippen LogP contribution is -2.37. The number of ether oxygens (including phenoxy) is 1. The van der Waals surface area contributed by atoms with E-state index in [4.69, 9.17) is 21.4 Å². The Morgan fingerprint density at radius 3 is 2.30 bits per heavy atom. The van der Waals surface area contributed by atoms with Crippen LogP contribution in [0.3, 0.4) is 0 Å². The Balaban J connectivity index is 1.08. The molecule has 6 nitrogen and oxygen atoms in total. The smallest absolute Gasteiger partial charge is 0.286 e. The molecule has 46 heavy (non-hydrogen) atoms. The van der Waals surface area contributed by atoms with E-state index < -0.39 is 0 Å². The van der Waals surface area contributed by atoms with Crippen LogP contribution in [0, 0.1) is 5.92 Å². The summed E-state index contributed by atoms with van der Waals surface area (Å²) in [6.45, 7) is 2.20. The number of hydrogen-bond acceptors (Lipinski definition) is 5. The van der Waals surface area contributed by atoms with E-state index in [9.17, 15) is 4.79 Å². The topological polar surface area (TPSA) is 59.7 Å². The quantitative estimate of drug-likeness (QED) is 0.158. The van der Waals surface area contributed by atoms with Crippen molar-refractivity contribution in [2.24, 2.45) is 10.9 Å². The number of likely N-dealkylation sites (tertiary alicyclic amines) is 1. The summed E-state index contributed by atoms with van der Waals surface area (Å²) in [6.07, 6.45) is 7.18. The molecule has 0 unspecified atom stereocenters. The molecule has 2 aliphatic rings. The van der Waals surface area contributed by atoms with Gasteiger partial charge in [0, 0.05) is 41.0 Å². The van der Waals surface area contributed by atoms with Crippen molar-refractivity contribution in [3.05, 3.63) is 142 Å². The maximum absolute atomic E-state index is 13.2. The first-order valence-electron chi connectivity index (χ1n) is 15.5. The molecule has 0 N–H and O–H groups in total. The molecule has 4 aromatic carbocycles. The molecule has 5 aromatic rings. The highest BCUT2D eigenvalue weighted by atomic mass is 35.5. The first-order valence-corrected chi connectivity index (χ1v) is 16.7. The molecule has 1 amide bonds. The number of nitrogens with zero attached hydrogens (tertiary/aromatic N) is 4. The SMILES string of the molecule is O=C1N=C(N2CCC(Cc3ccccc3)CC2)SC1=Cc1cn(-c2ccccc2)nc1-c1ccc(OCc2ccccc2Cl)cc1. The zero-order chi connectivity index (χ0) is 31.3. The summed E-state index contributed by atoms with van der Waals surface area (Å²) in [6, 6.07) is 36.2. The van der Waals surface area contributed by atoms with Gasteiger partial charge in [-0.15, -0.1) is 0 Å². The lowest BCUT2D eigenvalue weighted by atomic mass is 9.90. The van der Waals surface area contributed by atoms with E-state index >= 15 is 0 Å². The van der Waals surface area contributed by atoms with Crippen LogP contribution in [0.5, 0.6) is 5.75 Å². The molecule has 1 saturated heterocycles. The Kier molecular flexibility index (Phi) is 9.03. The number of carbonyl (C=O) groups excluding carboxylic acids is 1. The second kappa shape index (κ2) is 13.8. The largest absolute Gasteiger partial charge is 0.489 e. The lowest BCUT2D eigenvalue weighted by Gasteiger charge is -2.32. The van der Waals surface area contributed by atoms with E-state index in [1.807, 2.05) is 95.8 Å². The highest BCUT2D eigenvalue weighted by Crippen LogP contribution is 2.35. The van der Waals surface area contributed by atoms with E-state index in [2.05, 4.69) is 40.2 Å². The third-order valence-corrected chi connectivity index (χ3v) is 9.80. The number of carbonyl (C=O) groups is 1. The second-order valence-corrected chi connectivity index (χ2v) is 13.0. The van der Waals surface area contributed by atoms with Crippen molar-refractivity contribution >= 4 is 40.5 Å². The number of aromatic nitrogens is 2. The van der Waals surface area contributed by atoms with Crippen LogP contribution in [0.25, 0.3) is 23.0 Å².